The van der Waals surface area contributed by atoms with E-state index in [1.54, 1.807) is 0 Å². The first kappa shape index (κ1) is 26.8. The Hall–Kier alpha value is -0.200. The minimum atomic E-state index is 0.0934. The van der Waals surface area contributed by atoms with Crippen LogP contribution in [-0.2, 0) is 0 Å². The van der Waals surface area contributed by atoms with Gasteiger partial charge in [0.2, 0.25) is 0 Å². The summed E-state index contributed by atoms with van der Waals surface area (Å²) in [6.45, 7) is 17.8. The normalized spacial score (nSPS) is 13.4. The zero-order chi connectivity index (χ0) is 20.4. The summed E-state index contributed by atoms with van der Waals surface area (Å²) in [5.74, 6) is 0. The summed E-state index contributed by atoms with van der Waals surface area (Å²) in [5, 5.41) is 9.56. The number of nitrogens with one attached hydrogen (secondary N) is 4. The number of hydrazine groups is 2. The molecule has 0 aromatic rings. The molecule has 27 heavy (non-hydrogen) atoms. The van der Waals surface area contributed by atoms with Gasteiger partial charge in [-0.15, -0.1) is 0 Å². The first-order valence-electron chi connectivity index (χ1n) is 11.7. The lowest BCUT2D eigenvalue weighted by Gasteiger charge is -2.32. The first-order valence-corrected chi connectivity index (χ1v) is 11.7. The van der Waals surface area contributed by atoms with Crippen molar-refractivity contribution in [2.75, 3.05) is 26.2 Å². The Morgan fingerprint density at radius 3 is 2.04 bits per heavy atom. The van der Waals surface area contributed by atoms with E-state index < -0.39 is 0 Å². The summed E-state index contributed by atoms with van der Waals surface area (Å²) in [6, 6.07) is 0. The zero-order valence-electron chi connectivity index (χ0n) is 19.4. The molecule has 1 unspecified atom stereocenters. The van der Waals surface area contributed by atoms with Gasteiger partial charge in [-0.2, -0.15) is 5.12 Å². The topological polar surface area (TPSA) is 51.4 Å². The molecule has 0 saturated heterocycles. The van der Waals surface area contributed by atoms with Crippen molar-refractivity contribution < 1.29 is 0 Å². The molecule has 0 fully saturated rings. The van der Waals surface area contributed by atoms with Crippen molar-refractivity contribution in [2.45, 2.75) is 117 Å². The van der Waals surface area contributed by atoms with E-state index in [-0.39, 0.29) is 5.54 Å². The van der Waals surface area contributed by atoms with E-state index in [0.717, 1.165) is 26.2 Å². The van der Waals surface area contributed by atoms with Crippen molar-refractivity contribution in [2.24, 2.45) is 0 Å². The number of nitrogens with zero attached hydrogens (tertiary/aromatic N) is 1. The van der Waals surface area contributed by atoms with Gasteiger partial charge < -0.3 is 10.6 Å². The van der Waals surface area contributed by atoms with Gasteiger partial charge in [0.25, 0.3) is 0 Å². The molecule has 0 aromatic carbocycles. The molecule has 0 rings (SSSR count). The van der Waals surface area contributed by atoms with Crippen molar-refractivity contribution in [3.05, 3.63) is 0 Å². The second-order valence-corrected chi connectivity index (χ2v) is 8.79. The van der Waals surface area contributed by atoms with Crippen molar-refractivity contribution in [1.29, 1.82) is 0 Å². The van der Waals surface area contributed by atoms with Crippen LogP contribution in [0.5, 0.6) is 0 Å². The van der Waals surface area contributed by atoms with Crippen LogP contribution in [0.2, 0.25) is 0 Å². The molecular formula is C22H51N5. The van der Waals surface area contributed by atoms with E-state index in [1.165, 1.54) is 64.2 Å². The molecule has 5 nitrogen and oxygen atoms in total. The summed E-state index contributed by atoms with van der Waals surface area (Å²) in [6.07, 6.45) is 13.0. The van der Waals surface area contributed by atoms with E-state index in [9.17, 15) is 0 Å². The molecule has 4 N–H and O–H groups in total. The summed E-state index contributed by atoms with van der Waals surface area (Å²) in [5.41, 5.74) is 7.26. The van der Waals surface area contributed by atoms with Crippen LogP contribution in [0.25, 0.3) is 0 Å². The molecule has 0 aliphatic heterocycles. The van der Waals surface area contributed by atoms with Gasteiger partial charge in [-0.3, -0.25) is 0 Å². The molecule has 1 atom stereocenters. The predicted octanol–water partition coefficient (Wildman–Crippen LogP) is 4.56. The highest BCUT2D eigenvalue weighted by atomic mass is 15.7. The second-order valence-electron chi connectivity index (χ2n) is 8.79. The van der Waals surface area contributed by atoms with E-state index in [2.05, 4.69) is 68.1 Å². The van der Waals surface area contributed by atoms with Gasteiger partial charge in [-0.25, -0.2) is 10.9 Å². The predicted molar refractivity (Wildman–Crippen MR) is 121 cm³/mol. The quantitative estimate of drug-likeness (QED) is 0.149. The third kappa shape index (κ3) is 18.9. The second kappa shape index (κ2) is 17.9. The van der Waals surface area contributed by atoms with Gasteiger partial charge in [0.15, 0.2) is 0 Å². The summed E-state index contributed by atoms with van der Waals surface area (Å²) >= 11 is 0. The Kier molecular flexibility index (Phi) is 17.7. The van der Waals surface area contributed by atoms with Gasteiger partial charge in [-0.05, 0) is 66.0 Å². The van der Waals surface area contributed by atoms with Gasteiger partial charge in [0, 0.05) is 18.6 Å². The van der Waals surface area contributed by atoms with Crippen LogP contribution in [0.15, 0.2) is 0 Å². The molecule has 0 bridgehead atoms. The molecular weight excluding hydrogens is 334 g/mol. The minimum absolute atomic E-state index is 0.0934. The number of hydrogen-bond acceptors (Lipinski definition) is 5. The SMILES string of the molecule is CCCCCNN(CCCCCC(NCCC)NCCCC)NC(C)(C)C. The van der Waals surface area contributed by atoms with Crippen molar-refractivity contribution in [3.63, 3.8) is 0 Å². The summed E-state index contributed by atoms with van der Waals surface area (Å²) in [7, 11) is 0. The van der Waals surface area contributed by atoms with Gasteiger partial charge >= 0.3 is 0 Å². The molecule has 0 spiro atoms. The van der Waals surface area contributed by atoms with Gasteiger partial charge in [-0.1, -0.05) is 52.9 Å². The summed E-state index contributed by atoms with van der Waals surface area (Å²) in [4.78, 5) is 0. The number of rotatable bonds is 19. The smallest absolute Gasteiger partial charge is 0.0571 e. The molecule has 0 aliphatic carbocycles. The lowest BCUT2D eigenvalue weighted by Crippen LogP contribution is -2.56. The lowest BCUT2D eigenvalue weighted by atomic mass is 10.1. The molecule has 0 amide bonds. The van der Waals surface area contributed by atoms with Crippen molar-refractivity contribution in [1.82, 2.24) is 26.6 Å². The Morgan fingerprint density at radius 1 is 0.704 bits per heavy atom. The number of unbranched alkanes of at least 4 members (excludes halogenated alkanes) is 5. The van der Waals surface area contributed by atoms with Gasteiger partial charge in [0.05, 0.1) is 6.17 Å². The molecule has 0 heterocycles. The Morgan fingerprint density at radius 2 is 1.41 bits per heavy atom. The third-order valence-corrected chi connectivity index (χ3v) is 4.49. The van der Waals surface area contributed by atoms with Crippen LogP contribution < -0.4 is 21.5 Å². The molecule has 0 radical (unpaired) electrons. The highest BCUT2D eigenvalue weighted by Crippen LogP contribution is 2.06. The van der Waals surface area contributed by atoms with Crippen LogP contribution in [0, 0.1) is 0 Å². The first-order chi connectivity index (χ1) is 12.9. The number of hydrogen-bond donors (Lipinski definition) is 4. The molecule has 5 heteroatoms. The van der Waals surface area contributed by atoms with Gasteiger partial charge in [0.1, 0.15) is 0 Å². The van der Waals surface area contributed by atoms with Crippen LogP contribution >= 0.6 is 0 Å². The molecule has 0 aromatic heterocycles. The fourth-order valence-corrected chi connectivity index (χ4v) is 3.01. The van der Waals surface area contributed by atoms with Crippen LogP contribution in [0.4, 0.5) is 0 Å². The monoisotopic (exact) mass is 385 g/mol. The zero-order valence-corrected chi connectivity index (χ0v) is 19.4. The third-order valence-electron chi connectivity index (χ3n) is 4.49. The van der Waals surface area contributed by atoms with E-state index in [1.807, 2.05) is 0 Å². The Bertz CT molecular complexity index is 304. The summed E-state index contributed by atoms with van der Waals surface area (Å²) < 4.78 is 0. The van der Waals surface area contributed by atoms with Crippen LogP contribution in [0.1, 0.15) is 106 Å². The lowest BCUT2D eigenvalue weighted by molar-refractivity contribution is 0.0649. The Labute approximate surface area is 170 Å². The van der Waals surface area contributed by atoms with Crippen molar-refractivity contribution >= 4 is 0 Å². The van der Waals surface area contributed by atoms with E-state index in [4.69, 9.17) is 0 Å². The average molecular weight is 386 g/mol. The largest absolute Gasteiger partial charge is 0.302 e. The van der Waals surface area contributed by atoms with Crippen molar-refractivity contribution in [3.8, 4) is 0 Å². The Balaban J connectivity index is 4.07. The maximum atomic E-state index is 3.68. The van der Waals surface area contributed by atoms with E-state index >= 15 is 0 Å². The molecule has 164 valence electrons. The van der Waals surface area contributed by atoms with E-state index in [0.29, 0.717) is 6.17 Å². The van der Waals surface area contributed by atoms with Crippen LogP contribution in [-0.4, -0.2) is 43.0 Å². The highest BCUT2D eigenvalue weighted by molar-refractivity contribution is 4.69. The standard InChI is InChI=1S/C22H51N5/c1-7-10-14-19-25-27(26-22(4,5)6)20-15-12-13-16-21(23-17-9-3)24-18-11-8-2/h21,23-26H,7-20H2,1-6H3. The highest BCUT2D eigenvalue weighted by Gasteiger charge is 2.14. The minimum Gasteiger partial charge on any atom is -0.302 e. The van der Waals surface area contributed by atoms with Crippen LogP contribution in [0.3, 0.4) is 0 Å². The average Bonchev–Trinajstić information content (AvgIpc) is 2.61. The maximum Gasteiger partial charge on any atom is 0.0571 e. The fourth-order valence-electron chi connectivity index (χ4n) is 3.01. The maximum absolute atomic E-state index is 3.68. The fraction of sp³-hybridized carbons (Fsp3) is 1.00. The molecule has 0 aliphatic rings. The molecule has 0 saturated carbocycles.